The molecule has 3 rings (SSSR count). The highest BCUT2D eigenvalue weighted by atomic mass is 32.2. The van der Waals surface area contributed by atoms with Gasteiger partial charge in [0.15, 0.2) is 0 Å². The number of hydrogen-bond acceptors (Lipinski definition) is 4. The third-order valence-electron chi connectivity index (χ3n) is 4.68. The van der Waals surface area contributed by atoms with E-state index in [2.05, 4.69) is 0 Å². The fraction of sp³-hybridized carbons (Fsp3) is 0.368. The van der Waals surface area contributed by atoms with Gasteiger partial charge in [-0.25, -0.2) is 16.8 Å². The molecular formula is C19H24N2O4S2. The molecule has 0 bridgehead atoms. The largest absolute Gasteiger partial charge is 0.243 e. The Morgan fingerprint density at radius 2 is 1.37 bits per heavy atom. The topological polar surface area (TPSA) is 74.8 Å². The molecular weight excluding hydrogens is 384 g/mol. The normalized spacial score (nSPS) is 17.1. The summed E-state index contributed by atoms with van der Waals surface area (Å²) in [7, 11) is -7.08. The van der Waals surface area contributed by atoms with E-state index < -0.39 is 20.0 Å². The SMILES string of the molecule is Cc1ccc(S(=O)(=O)N2CCN(S(=O)(=O)Cc3cccc(C)c3)CC2)cc1. The minimum Gasteiger partial charge on any atom is -0.212 e. The molecule has 0 saturated carbocycles. The molecule has 6 nitrogen and oxygen atoms in total. The quantitative estimate of drug-likeness (QED) is 0.760. The number of piperazine rings is 1. The number of nitrogens with zero attached hydrogens (tertiary/aromatic N) is 2. The third-order valence-corrected chi connectivity index (χ3v) is 8.44. The highest BCUT2D eigenvalue weighted by molar-refractivity contribution is 7.89. The van der Waals surface area contributed by atoms with E-state index in [-0.39, 0.29) is 36.8 Å². The molecule has 146 valence electrons. The van der Waals surface area contributed by atoms with Crippen molar-refractivity contribution in [3.8, 4) is 0 Å². The molecule has 0 unspecified atom stereocenters. The maximum Gasteiger partial charge on any atom is 0.243 e. The lowest BCUT2D eigenvalue weighted by atomic mass is 10.2. The Hall–Kier alpha value is -1.74. The highest BCUT2D eigenvalue weighted by Gasteiger charge is 2.32. The van der Waals surface area contributed by atoms with Gasteiger partial charge in [0.25, 0.3) is 0 Å². The van der Waals surface area contributed by atoms with Gasteiger partial charge >= 0.3 is 0 Å². The molecule has 1 heterocycles. The van der Waals surface area contributed by atoms with Crippen molar-refractivity contribution in [2.24, 2.45) is 0 Å². The van der Waals surface area contributed by atoms with E-state index in [9.17, 15) is 16.8 Å². The second kappa shape index (κ2) is 7.71. The Balaban J connectivity index is 1.68. The Bertz CT molecular complexity index is 1010. The Kier molecular flexibility index (Phi) is 5.71. The van der Waals surface area contributed by atoms with Gasteiger partial charge in [-0.15, -0.1) is 0 Å². The van der Waals surface area contributed by atoms with E-state index in [1.54, 1.807) is 30.3 Å². The van der Waals surface area contributed by atoms with Crippen LogP contribution in [0.4, 0.5) is 0 Å². The van der Waals surface area contributed by atoms with Crippen LogP contribution in [0.2, 0.25) is 0 Å². The average molecular weight is 409 g/mol. The first-order valence-electron chi connectivity index (χ1n) is 8.79. The zero-order chi connectivity index (χ0) is 19.7. The van der Waals surface area contributed by atoms with Gasteiger partial charge in [-0.05, 0) is 31.5 Å². The van der Waals surface area contributed by atoms with Crippen molar-refractivity contribution in [2.45, 2.75) is 24.5 Å². The molecule has 2 aromatic carbocycles. The number of hydrogen-bond donors (Lipinski definition) is 0. The van der Waals surface area contributed by atoms with Gasteiger partial charge in [-0.2, -0.15) is 8.61 Å². The first-order valence-corrected chi connectivity index (χ1v) is 11.8. The van der Waals surface area contributed by atoms with Crippen LogP contribution in [-0.2, 0) is 25.8 Å². The van der Waals surface area contributed by atoms with Crippen molar-refractivity contribution < 1.29 is 16.8 Å². The third kappa shape index (κ3) is 4.57. The summed E-state index contributed by atoms with van der Waals surface area (Å²) >= 11 is 0. The summed E-state index contributed by atoms with van der Waals surface area (Å²) in [4.78, 5) is 0.240. The maximum atomic E-state index is 12.7. The molecule has 0 aliphatic carbocycles. The molecule has 0 atom stereocenters. The monoisotopic (exact) mass is 408 g/mol. The summed E-state index contributed by atoms with van der Waals surface area (Å²) in [5.41, 5.74) is 2.74. The van der Waals surface area contributed by atoms with Gasteiger partial charge in [-0.1, -0.05) is 47.5 Å². The minimum absolute atomic E-state index is 0.0700. The van der Waals surface area contributed by atoms with Gasteiger partial charge in [0.2, 0.25) is 20.0 Å². The zero-order valence-electron chi connectivity index (χ0n) is 15.5. The van der Waals surface area contributed by atoms with Gasteiger partial charge < -0.3 is 0 Å². The summed E-state index contributed by atoms with van der Waals surface area (Å²) in [6, 6.07) is 14.1. The van der Waals surface area contributed by atoms with E-state index in [4.69, 9.17) is 0 Å². The predicted molar refractivity (Wildman–Crippen MR) is 105 cm³/mol. The van der Waals surface area contributed by atoms with E-state index in [0.29, 0.717) is 0 Å². The number of sulfonamides is 2. The van der Waals surface area contributed by atoms with Crippen LogP contribution in [0.5, 0.6) is 0 Å². The number of rotatable bonds is 5. The lowest BCUT2D eigenvalue weighted by molar-refractivity contribution is 0.272. The average Bonchev–Trinajstić information content (AvgIpc) is 2.62. The Morgan fingerprint density at radius 3 is 1.96 bits per heavy atom. The van der Waals surface area contributed by atoms with E-state index in [0.717, 1.165) is 16.7 Å². The van der Waals surface area contributed by atoms with Gasteiger partial charge in [0.05, 0.1) is 10.6 Å². The molecule has 1 aliphatic heterocycles. The lowest BCUT2D eigenvalue weighted by Crippen LogP contribution is -2.50. The van der Waals surface area contributed by atoms with Crippen LogP contribution in [0, 0.1) is 13.8 Å². The van der Waals surface area contributed by atoms with Crippen molar-refractivity contribution in [3.63, 3.8) is 0 Å². The van der Waals surface area contributed by atoms with Crippen molar-refractivity contribution in [3.05, 3.63) is 65.2 Å². The molecule has 0 radical (unpaired) electrons. The van der Waals surface area contributed by atoms with Crippen molar-refractivity contribution in [2.75, 3.05) is 26.2 Å². The molecule has 0 amide bonds. The second-order valence-corrected chi connectivity index (χ2v) is 10.8. The minimum atomic E-state index is -3.60. The van der Waals surface area contributed by atoms with Gasteiger partial charge in [-0.3, -0.25) is 0 Å². The van der Waals surface area contributed by atoms with Crippen LogP contribution < -0.4 is 0 Å². The second-order valence-electron chi connectivity index (χ2n) is 6.86. The fourth-order valence-electron chi connectivity index (χ4n) is 3.15. The molecule has 0 spiro atoms. The van der Waals surface area contributed by atoms with Crippen molar-refractivity contribution in [1.29, 1.82) is 0 Å². The van der Waals surface area contributed by atoms with E-state index >= 15 is 0 Å². The first kappa shape index (κ1) is 20.0. The summed E-state index contributed by atoms with van der Waals surface area (Å²) in [5.74, 6) is -0.0700. The number of aryl methyl sites for hydroxylation is 2. The molecule has 2 aromatic rings. The summed E-state index contributed by atoms with van der Waals surface area (Å²) in [5, 5.41) is 0. The van der Waals surface area contributed by atoms with Gasteiger partial charge in [0, 0.05) is 26.2 Å². The van der Waals surface area contributed by atoms with Crippen LogP contribution in [-0.4, -0.2) is 51.6 Å². The molecule has 0 aromatic heterocycles. The van der Waals surface area contributed by atoms with E-state index in [1.165, 1.54) is 8.61 Å². The molecule has 8 heteroatoms. The summed E-state index contributed by atoms with van der Waals surface area (Å²) < 4.78 is 53.6. The van der Waals surface area contributed by atoms with Crippen LogP contribution >= 0.6 is 0 Å². The van der Waals surface area contributed by atoms with Crippen LogP contribution in [0.15, 0.2) is 53.4 Å². The molecule has 1 saturated heterocycles. The fourth-order valence-corrected chi connectivity index (χ4v) is 6.08. The van der Waals surface area contributed by atoms with Crippen molar-refractivity contribution >= 4 is 20.0 Å². The van der Waals surface area contributed by atoms with Crippen LogP contribution in [0.25, 0.3) is 0 Å². The summed E-state index contributed by atoms with van der Waals surface area (Å²) in [6.07, 6.45) is 0. The van der Waals surface area contributed by atoms with Crippen molar-refractivity contribution in [1.82, 2.24) is 8.61 Å². The molecule has 1 aliphatic rings. The molecule has 1 fully saturated rings. The van der Waals surface area contributed by atoms with Gasteiger partial charge in [0.1, 0.15) is 0 Å². The number of benzene rings is 2. The van der Waals surface area contributed by atoms with Crippen LogP contribution in [0.3, 0.4) is 0 Å². The molecule has 27 heavy (non-hydrogen) atoms. The summed E-state index contributed by atoms with van der Waals surface area (Å²) in [6.45, 7) is 4.46. The first-order chi connectivity index (χ1) is 12.7. The van der Waals surface area contributed by atoms with Crippen LogP contribution in [0.1, 0.15) is 16.7 Å². The highest BCUT2D eigenvalue weighted by Crippen LogP contribution is 2.20. The molecule has 0 N–H and O–H groups in total. The zero-order valence-corrected chi connectivity index (χ0v) is 17.1. The Morgan fingerprint density at radius 1 is 0.778 bits per heavy atom. The lowest BCUT2D eigenvalue weighted by Gasteiger charge is -2.33. The standard InChI is InChI=1S/C19H24N2O4S2/c1-16-6-8-19(9-7-16)27(24,25)21-12-10-20(11-13-21)26(22,23)15-18-5-3-4-17(2)14-18/h3-9,14H,10-13,15H2,1-2H3. The Labute approximate surface area is 161 Å². The predicted octanol–water partition coefficient (Wildman–Crippen LogP) is 2.14. The maximum absolute atomic E-state index is 12.7. The van der Waals surface area contributed by atoms with E-state index in [1.807, 2.05) is 32.0 Å². The smallest absolute Gasteiger partial charge is 0.212 e.